The second-order valence-corrected chi connectivity index (χ2v) is 7.90. The van der Waals surface area contributed by atoms with Gasteiger partial charge in [-0.3, -0.25) is 4.98 Å². The lowest BCUT2D eigenvalue weighted by molar-refractivity contribution is 0.557. The maximum Gasteiger partial charge on any atom is 0.336 e. The molecule has 0 atom stereocenters. The Balaban J connectivity index is 1.69. The fourth-order valence-electron chi connectivity index (χ4n) is 3.32. The van der Waals surface area contributed by atoms with Gasteiger partial charge in [0, 0.05) is 41.7 Å². The van der Waals surface area contributed by atoms with Gasteiger partial charge < -0.3 is 8.98 Å². The van der Waals surface area contributed by atoms with Crippen LogP contribution in [0.3, 0.4) is 0 Å². The molecule has 0 spiro atoms. The molecule has 0 aliphatic heterocycles. The highest BCUT2D eigenvalue weighted by molar-refractivity contribution is 7.98. The van der Waals surface area contributed by atoms with Gasteiger partial charge in [-0.05, 0) is 49.1 Å². The second-order valence-electron chi connectivity index (χ2n) is 6.96. The van der Waals surface area contributed by atoms with E-state index in [-0.39, 0.29) is 5.63 Å². The van der Waals surface area contributed by atoms with Crippen LogP contribution in [0.5, 0.6) is 0 Å². The number of aromatic nitrogens is 4. The number of nitrogens with zero attached hydrogens (tertiary/aromatic N) is 4. The summed E-state index contributed by atoms with van der Waals surface area (Å²) >= 11 is 1.58. The molecule has 148 valence electrons. The highest BCUT2D eigenvalue weighted by Crippen LogP contribution is 2.30. The summed E-state index contributed by atoms with van der Waals surface area (Å²) < 4.78 is 7.61. The van der Waals surface area contributed by atoms with Crippen molar-refractivity contribution in [3.05, 3.63) is 69.8 Å². The minimum absolute atomic E-state index is 0.325. The third-order valence-electron chi connectivity index (χ3n) is 4.98. The molecular formula is C22H22N4O2S. The Labute approximate surface area is 173 Å². The Morgan fingerprint density at radius 3 is 2.66 bits per heavy atom. The third-order valence-corrected chi connectivity index (χ3v) is 5.99. The highest BCUT2D eigenvalue weighted by atomic mass is 32.2. The van der Waals surface area contributed by atoms with Gasteiger partial charge in [-0.1, -0.05) is 30.8 Å². The molecule has 0 amide bonds. The SMILES string of the molecule is CCCn1c(SCc2cc(=O)oc3c(C)c(C)ccc23)nnc1-c1ccncc1. The zero-order valence-electron chi connectivity index (χ0n) is 16.7. The smallest absolute Gasteiger partial charge is 0.336 e. The summed E-state index contributed by atoms with van der Waals surface area (Å²) in [5.41, 5.74) is 4.39. The van der Waals surface area contributed by atoms with E-state index in [4.69, 9.17) is 4.42 Å². The summed E-state index contributed by atoms with van der Waals surface area (Å²) in [6.07, 6.45) is 4.49. The van der Waals surface area contributed by atoms with Crippen molar-refractivity contribution >= 4 is 22.7 Å². The van der Waals surface area contributed by atoms with Gasteiger partial charge in [-0.25, -0.2) is 4.79 Å². The molecule has 0 aliphatic carbocycles. The summed E-state index contributed by atoms with van der Waals surface area (Å²) in [7, 11) is 0. The van der Waals surface area contributed by atoms with Gasteiger partial charge in [0.05, 0.1) is 0 Å². The lowest BCUT2D eigenvalue weighted by Gasteiger charge is -2.10. The summed E-state index contributed by atoms with van der Waals surface area (Å²) in [5, 5.41) is 10.6. The van der Waals surface area contributed by atoms with E-state index in [1.807, 2.05) is 32.0 Å². The average Bonchev–Trinajstić information content (AvgIpc) is 3.13. The van der Waals surface area contributed by atoms with Gasteiger partial charge in [0.15, 0.2) is 11.0 Å². The topological polar surface area (TPSA) is 73.8 Å². The molecule has 1 aromatic carbocycles. The van der Waals surface area contributed by atoms with Crippen molar-refractivity contribution in [1.82, 2.24) is 19.7 Å². The number of fused-ring (bicyclic) bond motifs is 1. The molecule has 0 saturated heterocycles. The van der Waals surface area contributed by atoms with Gasteiger partial charge >= 0.3 is 5.63 Å². The van der Waals surface area contributed by atoms with E-state index in [0.29, 0.717) is 11.3 Å². The zero-order chi connectivity index (χ0) is 20.4. The van der Waals surface area contributed by atoms with Crippen LogP contribution in [0.1, 0.15) is 30.0 Å². The van der Waals surface area contributed by atoms with Crippen LogP contribution in [0.15, 0.2) is 57.1 Å². The van der Waals surface area contributed by atoms with Crippen molar-refractivity contribution in [2.24, 2.45) is 0 Å². The van der Waals surface area contributed by atoms with Crippen molar-refractivity contribution in [3.63, 3.8) is 0 Å². The number of benzene rings is 1. The Morgan fingerprint density at radius 2 is 1.90 bits per heavy atom. The van der Waals surface area contributed by atoms with Crippen LogP contribution >= 0.6 is 11.8 Å². The molecule has 6 nitrogen and oxygen atoms in total. The monoisotopic (exact) mass is 406 g/mol. The number of rotatable bonds is 6. The molecule has 29 heavy (non-hydrogen) atoms. The zero-order valence-corrected chi connectivity index (χ0v) is 17.5. The third kappa shape index (κ3) is 3.82. The van der Waals surface area contributed by atoms with E-state index in [2.05, 4.69) is 32.7 Å². The Bertz CT molecular complexity index is 1210. The van der Waals surface area contributed by atoms with Crippen molar-refractivity contribution in [2.45, 2.75) is 44.6 Å². The summed E-state index contributed by atoms with van der Waals surface area (Å²) in [4.78, 5) is 16.2. The lowest BCUT2D eigenvalue weighted by Crippen LogP contribution is -2.04. The largest absolute Gasteiger partial charge is 0.422 e. The molecule has 0 saturated carbocycles. The van der Waals surface area contributed by atoms with Crippen molar-refractivity contribution in [3.8, 4) is 11.4 Å². The first-order valence-electron chi connectivity index (χ1n) is 9.57. The van der Waals surface area contributed by atoms with Crippen LogP contribution in [0.4, 0.5) is 0 Å². The quantitative estimate of drug-likeness (QED) is 0.339. The maximum absolute atomic E-state index is 12.1. The van der Waals surface area contributed by atoms with Crippen LogP contribution < -0.4 is 5.63 Å². The van der Waals surface area contributed by atoms with Gasteiger partial charge in [-0.2, -0.15) is 0 Å². The molecule has 0 bridgehead atoms. The van der Waals surface area contributed by atoms with E-state index < -0.39 is 0 Å². The maximum atomic E-state index is 12.1. The molecule has 0 unspecified atom stereocenters. The first-order chi connectivity index (χ1) is 14.1. The molecule has 0 radical (unpaired) electrons. The molecule has 0 N–H and O–H groups in total. The standard InChI is InChI=1S/C22H22N4O2S/c1-4-11-26-21(16-7-9-23-10-8-16)24-25-22(26)29-13-17-12-19(27)28-20-15(3)14(2)5-6-18(17)20/h5-10,12H,4,11,13H2,1-3H3. The van der Waals surface area contributed by atoms with E-state index in [1.54, 1.807) is 30.2 Å². The molecule has 3 aromatic heterocycles. The van der Waals surface area contributed by atoms with E-state index >= 15 is 0 Å². The predicted octanol–water partition coefficient (Wildman–Crippen LogP) is 4.77. The van der Waals surface area contributed by atoms with Crippen LogP contribution in [-0.2, 0) is 12.3 Å². The molecule has 4 rings (SSSR count). The minimum Gasteiger partial charge on any atom is -0.422 e. The Hall–Kier alpha value is -2.93. The molecule has 3 heterocycles. The molecule has 0 fully saturated rings. The number of thioether (sulfide) groups is 1. The van der Waals surface area contributed by atoms with Crippen LogP contribution in [0, 0.1) is 13.8 Å². The van der Waals surface area contributed by atoms with Gasteiger partial charge in [-0.15, -0.1) is 10.2 Å². The van der Waals surface area contributed by atoms with E-state index in [0.717, 1.165) is 51.6 Å². The molecule has 7 heteroatoms. The number of aryl methyl sites for hydroxylation is 2. The van der Waals surface area contributed by atoms with Gasteiger partial charge in [0.1, 0.15) is 5.58 Å². The number of hydrogen-bond acceptors (Lipinski definition) is 6. The van der Waals surface area contributed by atoms with E-state index in [1.165, 1.54) is 0 Å². The lowest BCUT2D eigenvalue weighted by atomic mass is 10.0. The summed E-state index contributed by atoms with van der Waals surface area (Å²) in [6, 6.07) is 9.54. The number of pyridine rings is 1. The van der Waals surface area contributed by atoms with Crippen LogP contribution in [0.25, 0.3) is 22.4 Å². The molecule has 0 aliphatic rings. The van der Waals surface area contributed by atoms with Crippen LogP contribution in [0.2, 0.25) is 0 Å². The van der Waals surface area contributed by atoms with Crippen molar-refractivity contribution in [2.75, 3.05) is 0 Å². The summed E-state index contributed by atoms with van der Waals surface area (Å²) in [5.74, 6) is 1.45. The minimum atomic E-state index is -0.325. The van der Waals surface area contributed by atoms with Gasteiger partial charge in [0.25, 0.3) is 0 Å². The first kappa shape index (κ1) is 19.4. The fourth-order valence-corrected chi connectivity index (χ4v) is 4.28. The normalized spacial score (nSPS) is 11.3. The van der Waals surface area contributed by atoms with Gasteiger partial charge in [0.2, 0.25) is 0 Å². The molecular weight excluding hydrogens is 384 g/mol. The first-order valence-corrected chi connectivity index (χ1v) is 10.6. The Kier molecular flexibility index (Phi) is 5.49. The van der Waals surface area contributed by atoms with E-state index in [9.17, 15) is 4.79 Å². The highest BCUT2D eigenvalue weighted by Gasteiger charge is 2.15. The molecule has 4 aromatic rings. The van der Waals surface area contributed by atoms with Crippen LogP contribution in [-0.4, -0.2) is 19.7 Å². The van der Waals surface area contributed by atoms with Crippen molar-refractivity contribution in [1.29, 1.82) is 0 Å². The van der Waals surface area contributed by atoms with Crippen molar-refractivity contribution < 1.29 is 4.42 Å². The average molecular weight is 407 g/mol. The fraction of sp³-hybridized carbons (Fsp3) is 0.273. The second kappa shape index (κ2) is 8.21. The summed E-state index contributed by atoms with van der Waals surface area (Å²) in [6.45, 7) is 6.95. The Morgan fingerprint density at radius 1 is 1.10 bits per heavy atom. The predicted molar refractivity (Wildman–Crippen MR) is 115 cm³/mol. The number of hydrogen-bond donors (Lipinski definition) is 0.